The second-order valence-corrected chi connectivity index (χ2v) is 3.88. The fourth-order valence-corrected chi connectivity index (χ4v) is 1.36. The van der Waals surface area contributed by atoms with Crippen LogP contribution in [0.3, 0.4) is 0 Å². The number of carbonyl (C=O) groups excluding carboxylic acids is 2. The average Bonchev–Trinajstić information content (AvgIpc) is 2.43. The molecule has 0 bridgehead atoms. The maximum Gasteiger partial charge on any atom is 0.455 e. The second-order valence-electron chi connectivity index (χ2n) is 3.88. The average molecular weight is 263 g/mol. The van der Waals surface area contributed by atoms with Crippen molar-refractivity contribution in [1.82, 2.24) is 9.88 Å². The number of aromatic nitrogens is 1. The van der Waals surface area contributed by atoms with Crippen LogP contribution in [0.15, 0.2) is 18.3 Å². The molecule has 7 heteroatoms. The van der Waals surface area contributed by atoms with Gasteiger partial charge in [0.1, 0.15) is 0 Å². The van der Waals surface area contributed by atoms with Gasteiger partial charge < -0.3 is 4.90 Å². The Morgan fingerprint density at radius 2 is 2.32 bits per heavy atom. The third-order valence-corrected chi connectivity index (χ3v) is 2.57. The first-order chi connectivity index (χ1) is 9.10. The topological polar surface area (TPSA) is 80.8 Å². The van der Waals surface area contributed by atoms with Crippen LogP contribution in [0.2, 0.25) is 0 Å². The second kappa shape index (κ2) is 5.38. The van der Waals surface area contributed by atoms with Crippen LogP contribution in [0.5, 0.6) is 5.75 Å². The van der Waals surface area contributed by atoms with Crippen molar-refractivity contribution in [1.29, 1.82) is 0 Å². The molecule has 1 aliphatic rings. The normalized spacial score (nSPS) is 13.3. The highest BCUT2D eigenvalue weighted by molar-refractivity contribution is 5.92. The van der Waals surface area contributed by atoms with Crippen molar-refractivity contribution in [3.8, 4) is 5.75 Å². The summed E-state index contributed by atoms with van der Waals surface area (Å²) in [6.45, 7) is 2.52. The van der Waals surface area contributed by atoms with Crippen molar-refractivity contribution >= 4 is 23.9 Å². The highest BCUT2D eigenvalue weighted by Crippen LogP contribution is 2.26. The lowest BCUT2D eigenvalue weighted by atomic mass is 10.2. The van der Waals surface area contributed by atoms with E-state index in [1.54, 1.807) is 24.1 Å². The minimum Gasteiger partial charge on any atom is -0.343 e. The summed E-state index contributed by atoms with van der Waals surface area (Å²) in [5.74, 6) is 0.467. The fraction of sp³-hybridized carbons (Fsp3) is 0.250. The van der Waals surface area contributed by atoms with E-state index >= 15 is 0 Å². The summed E-state index contributed by atoms with van der Waals surface area (Å²) < 4.78 is 0. The zero-order valence-corrected chi connectivity index (χ0v) is 10.5. The molecule has 1 aliphatic heterocycles. The molecule has 0 fully saturated rings. The lowest BCUT2D eigenvalue weighted by molar-refractivity contribution is -0.140. The summed E-state index contributed by atoms with van der Waals surface area (Å²) in [4.78, 5) is 37.1. The van der Waals surface area contributed by atoms with Crippen LogP contribution in [0.1, 0.15) is 12.5 Å². The Kier molecular flexibility index (Phi) is 3.65. The van der Waals surface area contributed by atoms with E-state index in [2.05, 4.69) is 15.2 Å². The molecule has 2 rings (SSSR count). The summed E-state index contributed by atoms with van der Waals surface area (Å²) in [7, 11) is 1.71. The summed E-state index contributed by atoms with van der Waals surface area (Å²) in [6.07, 6.45) is 3.85. The molecule has 0 saturated heterocycles. The monoisotopic (exact) mass is 263 g/mol. The summed E-state index contributed by atoms with van der Waals surface area (Å²) in [5, 5.41) is 2.38. The largest absolute Gasteiger partial charge is 0.455 e. The molecule has 2 heterocycles. The van der Waals surface area contributed by atoms with E-state index in [0.717, 1.165) is 0 Å². The van der Waals surface area contributed by atoms with Gasteiger partial charge >= 0.3 is 6.09 Å². The van der Waals surface area contributed by atoms with Crippen molar-refractivity contribution in [2.45, 2.75) is 6.92 Å². The fourth-order valence-electron chi connectivity index (χ4n) is 1.36. The molecule has 19 heavy (non-hydrogen) atoms. The number of nitrogens with zero attached hydrogens (tertiary/aromatic N) is 2. The Morgan fingerprint density at radius 1 is 1.53 bits per heavy atom. The highest BCUT2D eigenvalue weighted by atomic mass is 17.2. The maximum atomic E-state index is 11.6. The molecule has 0 aliphatic carbocycles. The van der Waals surface area contributed by atoms with Crippen molar-refractivity contribution < 1.29 is 19.4 Å². The predicted molar refractivity (Wildman–Crippen MR) is 67.3 cm³/mol. The van der Waals surface area contributed by atoms with Gasteiger partial charge in [0.25, 0.3) is 0 Å². The summed E-state index contributed by atoms with van der Waals surface area (Å²) in [5.41, 5.74) is 0.663. The molecule has 0 unspecified atom stereocenters. The molecule has 100 valence electrons. The number of hydrogen-bond acceptors (Lipinski definition) is 5. The molecular weight excluding hydrogens is 250 g/mol. The van der Waals surface area contributed by atoms with E-state index in [-0.39, 0.29) is 17.5 Å². The van der Waals surface area contributed by atoms with Crippen molar-refractivity contribution in [2.75, 3.05) is 18.9 Å². The van der Waals surface area contributed by atoms with E-state index in [0.29, 0.717) is 12.1 Å². The number of fused-ring (bicyclic) bond motifs is 1. The van der Waals surface area contributed by atoms with E-state index < -0.39 is 6.09 Å². The van der Waals surface area contributed by atoms with Gasteiger partial charge in [0.15, 0.2) is 5.82 Å². The Balaban J connectivity index is 2.12. The Hall–Kier alpha value is -2.57. The molecule has 0 radical (unpaired) electrons. The SMILES string of the molecule is CCN(C)C(=O)/C=C/c1cnc2c(c1)OOC(=O)N2. The Labute approximate surface area is 109 Å². The molecule has 7 nitrogen and oxygen atoms in total. The number of nitrogens with one attached hydrogen (secondary N) is 1. The van der Waals surface area contributed by atoms with Gasteiger partial charge in [-0.25, -0.2) is 14.7 Å². The van der Waals surface area contributed by atoms with Crippen molar-refractivity contribution in [3.63, 3.8) is 0 Å². The lowest BCUT2D eigenvalue weighted by Crippen LogP contribution is -2.24. The van der Waals surface area contributed by atoms with Gasteiger partial charge in [0.2, 0.25) is 11.7 Å². The number of rotatable bonds is 3. The smallest absolute Gasteiger partial charge is 0.343 e. The molecule has 1 aromatic rings. The summed E-state index contributed by atoms with van der Waals surface area (Å²) in [6, 6.07) is 1.61. The van der Waals surface area contributed by atoms with E-state index in [1.807, 2.05) is 6.92 Å². The number of carbonyl (C=O) groups is 2. The van der Waals surface area contributed by atoms with E-state index in [9.17, 15) is 9.59 Å². The van der Waals surface area contributed by atoms with Gasteiger partial charge in [-0.2, -0.15) is 0 Å². The highest BCUT2D eigenvalue weighted by Gasteiger charge is 2.19. The zero-order chi connectivity index (χ0) is 13.8. The molecule has 1 aromatic heterocycles. The van der Waals surface area contributed by atoms with Gasteiger partial charge in [0, 0.05) is 25.9 Å². The molecule has 1 N–H and O–H groups in total. The van der Waals surface area contributed by atoms with E-state index in [4.69, 9.17) is 4.89 Å². The van der Waals surface area contributed by atoms with Gasteiger partial charge in [-0.15, -0.1) is 0 Å². The van der Waals surface area contributed by atoms with Crippen LogP contribution in [0.4, 0.5) is 10.6 Å². The molecular formula is C12H13N3O4. The summed E-state index contributed by atoms with van der Waals surface area (Å²) >= 11 is 0. The van der Waals surface area contributed by atoms with Crippen LogP contribution in [0, 0.1) is 0 Å². The molecule has 0 saturated carbocycles. The quantitative estimate of drug-likeness (QED) is 0.659. The Bertz CT molecular complexity index is 542. The minimum atomic E-state index is -0.719. The van der Waals surface area contributed by atoms with Crippen LogP contribution in [-0.2, 0) is 9.68 Å². The lowest BCUT2D eigenvalue weighted by Gasteiger charge is -2.14. The molecule has 0 spiro atoms. The third-order valence-electron chi connectivity index (χ3n) is 2.57. The number of amides is 2. The zero-order valence-electron chi connectivity index (χ0n) is 10.5. The minimum absolute atomic E-state index is 0.106. The maximum absolute atomic E-state index is 11.6. The van der Waals surface area contributed by atoms with E-state index in [1.165, 1.54) is 12.3 Å². The van der Waals surface area contributed by atoms with Crippen LogP contribution in [-0.4, -0.2) is 35.5 Å². The molecule has 0 atom stereocenters. The number of likely N-dealkylation sites (N-methyl/N-ethyl adjacent to an activating group) is 1. The van der Waals surface area contributed by atoms with Gasteiger partial charge in [-0.05, 0) is 24.6 Å². The van der Waals surface area contributed by atoms with Gasteiger partial charge in [0.05, 0.1) is 0 Å². The number of hydrogen-bond donors (Lipinski definition) is 1. The van der Waals surface area contributed by atoms with Crippen LogP contribution in [0.25, 0.3) is 6.08 Å². The standard InChI is InChI=1S/C12H13N3O4/c1-3-15(2)10(16)5-4-8-6-9-11(13-7-8)14-12(17)19-18-9/h4-7H,3H2,1-2H3,(H,13,14,17)/b5-4+. The van der Waals surface area contributed by atoms with Gasteiger partial charge in [-0.1, -0.05) is 0 Å². The Morgan fingerprint density at radius 3 is 3.05 bits per heavy atom. The third kappa shape index (κ3) is 3.01. The van der Waals surface area contributed by atoms with Crippen molar-refractivity contribution in [3.05, 3.63) is 23.9 Å². The molecule has 2 amide bonds. The predicted octanol–water partition coefficient (Wildman–Crippen LogP) is 1.43. The van der Waals surface area contributed by atoms with Crippen LogP contribution < -0.4 is 10.2 Å². The first-order valence-corrected chi connectivity index (χ1v) is 5.69. The first kappa shape index (κ1) is 12.9. The van der Waals surface area contributed by atoms with Crippen LogP contribution >= 0.6 is 0 Å². The van der Waals surface area contributed by atoms with Crippen molar-refractivity contribution in [2.24, 2.45) is 0 Å². The molecule has 0 aromatic carbocycles. The number of anilines is 1. The van der Waals surface area contributed by atoms with Gasteiger partial charge in [-0.3, -0.25) is 15.0 Å². The number of pyridine rings is 1. The first-order valence-electron chi connectivity index (χ1n) is 5.69.